The third kappa shape index (κ3) is 1.57. The van der Waals surface area contributed by atoms with Crippen molar-refractivity contribution in [1.29, 1.82) is 0 Å². The lowest BCUT2D eigenvalue weighted by atomic mass is 9.64. The van der Waals surface area contributed by atoms with E-state index >= 15 is 0 Å². The summed E-state index contributed by atoms with van der Waals surface area (Å²) in [7, 11) is 1.68. The van der Waals surface area contributed by atoms with Gasteiger partial charge in [-0.05, 0) is 29.7 Å². The number of hydrogen-bond acceptors (Lipinski definition) is 6. The van der Waals surface area contributed by atoms with E-state index in [9.17, 15) is 10.2 Å². The first-order valence-corrected chi connectivity index (χ1v) is 7.89. The highest BCUT2D eigenvalue weighted by Gasteiger charge is 2.66. The van der Waals surface area contributed by atoms with Crippen LogP contribution in [0.2, 0.25) is 0 Å². The number of ether oxygens (including phenoxy) is 3. The van der Waals surface area contributed by atoms with Crippen LogP contribution in [0.25, 0.3) is 0 Å². The van der Waals surface area contributed by atoms with E-state index in [2.05, 4.69) is 4.90 Å². The molecule has 0 amide bonds. The molecule has 4 aliphatic rings. The Labute approximate surface area is 133 Å². The number of nitrogens with zero attached hydrogens (tertiary/aromatic N) is 1. The second-order valence-electron chi connectivity index (χ2n) is 6.84. The lowest BCUT2D eigenvalue weighted by Crippen LogP contribution is -2.57. The predicted octanol–water partition coefficient (Wildman–Crippen LogP) is 0.507. The second kappa shape index (κ2) is 4.27. The minimum atomic E-state index is -1.81. The summed E-state index contributed by atoms with van der Waals surface area (Å²) in [5.74, 6) is -0.406. The smallest absolute Gasteiger partial charge is 0.231 e. The van der Waals surface area contributed by atoms with E-state index in [1.165, 1.54) is 0 Å². The zero-order chi connectivity index (χ0) is 15.8. The number of aliphatic hydroxyl groups is 2. The molecule has 3 heterocycles. The summed E-state index contributed by atoms with van der Waals surface area (Å²) in [6.07, 6.45) is 4.61. The van der Waals surface area contributed by atoms with Crippen molar-refractivity contribution in [2.45, 2.75) is 36.3 Å². The van der Waals surface area contributed by atoms with Gasteiger partial charge < -0.3 is 24.4 Å². The Morgan fingerprint density at radius 3 is 2.83 bits per heavy atom. The minimum Gasteiger partial charge on any atom is -0.454 e. The van der Waals surface area contributed by atoms with Gasteiger partial charge in [-0.25, -0.2) is 0 Å². The van der Waals surface area contributed by atoms with Crippen LogP contribution in [-0.2, 0) is 16.7 Å². The fourth-order valence-corrected chi connectivity index (χ4v) is 4.76. The third-order valence-corrected chi connectivity index (χ3v) is 5.80. The van der Waals surface area contributed by atoms with E-state index in [1.54, 1.807) is 7.11 Å². The van der Waals surface area contributed by atoms with Crippen LogP contribution in [0.5, 0.6) is 11.5 Å². The summed E-state index contributed by atoms with van der Waals surface area (Å²) < 4.78 is 16.5. The minimum absolute atomic E-state index is 0.0000792. The molecule has 23 heavy (non-hydrogen) atoms. The molecular weight excluding hydrogens is 298 g/mol. The average Bonchev–Trinajstić information content (AvgIpc) is 3.05. The standard InChI is InChI=1S/C17H19NO5/c1-21-11-2-3-16-12-6-14-13(22-9-23-14)4-10(12)7-18(15(16)5-11)8-17(16,19)20/h2-4,6,11,15,19-20H,5,7-9H2,1H3/t11-,15+,16+/m1/s1. The molecule has 0 spiro atoms. The maximum absolute atomic E-state index is 10.9. The molecule has 6 heteroatoms. The number of rotatable bonds is 1. The zero-order valence-corrected chi connectivity index (χ0v) is 12.9. The van der Waals surface area contributed by atoms with Gasteiger partial charge in [-0.2, -0.15) is 0 Å². The summed E-state index contributed by atoms with van der Waals surface area (Å²) in [6, 6.07) is 3.90. The number of hydrogen-bond donors (Lipinski definition) is 2. The van der Waals surface area contributed by atoms with Crippen LogP contribution in [0.4, 0.5) is 0 Å². The van der Waals surface area contributed by atoms with Crippen molar-refractivity contribution in [3.63, 3.8) is 0 Å². The highest BCUT2D eigenvalue weighted by atomic mass is 16.7. The summed E-state index contributed by atoms with van der Waals surface area (Å²) in [5.41, 5.74) is 1.14. The summed E-state index contributed by atoms with van der Waals surface area (Å²) in [4.78, 5) is 2.14. The van der Waals surface area contributed by atoms with Crippen molar-refractivity contribution in [3.8, 4) is 11.5 Å². The van der Waals surface area contributed by atoms with Gasteiger partial charge in [0.1, 0.15) is 0 Å². The largest absolute Gasteiger partial charge is 0.454 e. The first-order chi connectivity index (χ1) is 11.0. The molecule has 4 atom stereocenters. The molecule has 122 valence electrons. The van der Waals surface area contributed by atoms with E-state index in [4.69, 9.17) is 14.2 Å². The summed E-state index contributed by atoms with van der Waals surface area (Å²) in [5, 5.41) is 21.7. The summed E-state index contributed by atoms with van der Waals surface area (Å²) in [6.45, 7) is 1.11. The fourth-order valence-electron chi connectivity index (χ4n) is 4.76. The fraction of sp³-hybridized carbons (Fsp3) is 0.529. The molecule has 2 bridgehead atoms. The molecule has 0 saturated carbocycles. The van der Waals surface area contributed by atoms with Crippen LogP contribution in [0.1, 0.15) is 17.5 Å². The van der Waals surface area contributed by atoms with E-state index < -0.39 is 11.2 Å². The molecule has 0 radical (unpaired) electrons. The Morgan fingerprint density at radius 1 is 1.26 bits per heavy atom. The lowest BCUT2D eigenvalue weighted by molar-refractivity contribution is -0.180. The van der Waals surface area contributed by atoms with Crippen LogP contribution < -0.4 is 9.47 Å². The monoisotopic (exact) mass is 317 g/mol. The van der Waals surface area contributed by atoms with E-state index in [1.807, 2.05) is 24.3 Å². The highest BCUT2D eigenvalue weighted by molar-refractivity contribution is 5.57. The van der Waals surface area contributed by atoms with Gasteiger partial charge in [0.05, 0.1) is 18.1 Å². The van der Waals surface area contributed by atoms with Gasteiger partial charge in [-0.3, -0.25) is 4.90 Å². The van der Waals surface area contributed by atoms with Gasteiger partial charge in [0.15, 0.2) is 17.3 Å². The molecule has 1 aromatic rings. The first kappa shape index (κ1) is 13.8. The van der Waals surface area contributed by atoms with Crippen molar-refractivity contribution in [2.24, 2.45) is 0 Å². The van der Waals surface area contributed by atoms with Crippen LogP contribution in [-0.4, -0.2) is 53.5 Å². The average molecular weight is 317 g/mol. The van der Waals surface area contributed by atoms with Gasteiger partial charge in [-0.15, -0.1) is 0 Å². The van der Waals surface area contributed by atoms with Crippen molar-refractivity contribution < 1.29 is 24.4 Å². The van der Waals surface area contributed by atoms with Crippen molar-refractivity contribution in [3.05, 3.63) is 35.4 Å². The van der Waals surface area contributed by atoms with Crippen LogP contribution in [0.15, 0.2) is 24.3 Å². The Morgan fingerprint density at radius 2 is 2.04 bits per heavy atom. The SMILES string of the molecule is CO[C@@H]1C=C[C@@]23c4cc5c(cc4CN(CC2(O)O)[C@H]3C1)OCO5. The normalized spacial score (nSPS) is 38.3. The summed E-state index contributed by atoms with van der Waals surface area (Å²) >= 11 is 0. The highest BCUT2D eigenvalue weighted by Crippen LogP contribution is 2.56. The Kier molecular flexibility index (Phi) is 2.56. The molecule has 1 unspecified atom stereocenters. The van der Waals surface area contributed by atoms with Crippen LogP contribution >= 0.6 is 0 Å². The number of benzene rings is 1. The molecule has 1 saturated heterocycles. The maximum atomic E-state index is 10.9. The molecular formula is C17H19NO5. The van der Waals surface area contributed by atoms with Gasteiger partial charge in [0, 0.05) is 19.7 Å². The van der Waals surface area contributed by atoms with Crippen LogP contribution in [0.3, 0.4) is 0 Å². The van der Waals surface area contributed by atoms with Crippen molar-refractivity contribution >= 4 is 0 Å². The Hall–Kier alpha value is -1.60. The van der Waals surface area contributed by atoms with Gasteiger partial charge in [0.25, 0.3) is 0 Å². The van der Waals surface area contributed by atoms with Crippen molar-refractivity contribution in [2.75, 3.05) is 20.4 Å². The lowest BCUT2D eigenvalue weighted by Gasteiger charge is -2.47. The zero-order valence-electron chi connectivity index (χ0n) is 12.9. The Bertz CT molecular complexity index is 715. The molecule has 0 aromatic heterocycles. The van der Waals surface area contributed by atoms with E-state index in [0.29, 0.717) is 12.3 Å². The van der Waals surface area contributed by atoms with Crippen LogP contribution in [0, 0.1) is 0 Å². The molecule has 5 rings (SSSR count). The second-order valence-corrected chi connectivity index (χ2v) is 6.84. The predicted molar refractivity (Wildman–Crippen MR) is 80.2 cm³/mol. The van der Waals surface area contributed by atoms with E-state index in [0.717, 1.165) is 23.3 Å². The molecule has 1 aromatic carbocycles. The van der Waals surface area contributed by atoms with E-state index in [-0.39, 0.29) is 25.5 Å². The maximum Gasteiger partial charge on any atom is 0.231 e. The first-order valence-electron chi connectivity index (χ1n) is 7.89. The van der Waals surface area contributed by atoms with Gasteiger partial charge >= 0.3 is 0 Å². The van der Waals surface area contributed by atoms with Gasteiger partial charge in [-0.1, -0.05) is 12.2 Å². The quantitative estimate of drug-likeness (QED) is 0.581. The van der Waals surface area contributed by atoms with Crippen molar-refractivity contribution in [1.82, 2.24) is 4.90 Å². The molecule has 1 fully saturated rings. The van der Waals surface area contributed by atoms with Gasteiger partial charge in [0.2, 0.25) is 6.79 Å². The molecule has 1 aliphatic carbocycles. The Balaban J connectivity index is 1.75. The number of methoxy groups -OCH3 is 1. The molecule has 3 aliphatic heterocycles. The third-order valence-electron chi connectivity index (χ3n) is 5.80. The number of fused-ring (bicyclic) bond motifs is 2. The molecule has 6 nitrogen and oxygen atoms in total. The molecule has 2 N–H and O–H groups in total. The topological polar surface area (TPSA) is 71.4 Å².